The van der Waals surface area contributed by atoms with Crippen molar-refractivity contribution in [3.8, 4) is 0 Å². The molecule has 3 nitrogen and oxygen atoms in total. The third-order valence-electron chi connectivity index (χ3n) is 0.635. The van der Waals surface area contributed by atoms with Crippen LogP contribution < -0.4 is 11.6 Å². The molecule has 0 saturated heterocycles. The molecule has 0 aromatic heterocycles. The molecule has 0 rings (SSSR count). The summed E-state index contributed by atoms with van der Waals surface area (Å²) < 4.78 is 12.2. The van der Waals surface area contributed by atoms with E-state index in [-0.39, 0.29) is 5.70 Å². The maximum absolute atomic E-state index is 12.2. The lowest BCUT2D eigenvalue weighted by molar-refractivity contribution is 0.323. The van der Waals surface area contributed by atoms with Crippen molar-refractivity contribution >= 4 is 0 Å². The van der Waals surface area contributed by atoms with Crippen LogP contribution in [-0.2, 0) is 0 Å². The molecular weight excluding hydrogens is 109 g/mol. The second-order valence-electron chi connectivity index (χ2n) is 1.58. The van der Waals surface area contributed by atoms with Crippen molar-refractivity contribution in [2.24, 2.45) is 11.6 Å². The minimum atomic E-state index is -0.593. The predicted octanol–water partition coefficient (Wildman–Crippen LogP) is -0.0909. The van der Waals surface area contributed by atoms with E-state index in [0.717, 1.165) is 5.01 Å². The van der Waals surface area contributed by atoms with Crippen LogP contribution in [0.3, 0.4) is 0 Å². The van der Waals surface area contributed by atoms with Crippen LogP contribution in [-0.4, -0.2) is 12.1 Å². The van der Waals surface area contributed by atoms with Crippen molar-refractivity contribution in [1.82, 2.24) is 5.01 Å². The van der Waals surface area contributed by atoms with Crippen LogP contribution in [0.5, 0.6) is 0 Å². The van der Waals surface area contributed by atoms with Gasteiger partial charge in [-0.15, -0.1) is 0 Å². The molecule has 8 heavy (non-hydrogen) atoms. The molecule has 0 aliphatic carbocycles. The Labute approximate surface area is 47.7 Å². The third-order valence-corrected chi connectivity index (χ3v) is 0.635. The monoisotopic (exact) mass is 119 g/mol. The van der Waals surface area contributed by atoms with Gasteiger partial charge in [0.25, 0.3) is 0 Å². The van der Waals surface area contributed by atoms with E-state index in [9.17, 15) is 4.39 Å². The fraction of sp³-hybridized carbons (Fsp3) is 0.500. The van der Waals surface area contributed by atoms with Gasteiger partial charge in [-0.1, -0.05) is 0 Å². The smallest absolute Gasteiger partial charge is 0.221 e. The maximum Gasteiger partial charge on any atom is 0.221 e. The van der Waals surface area contributed by atoms with Crippen molar-refractivity contribution in [2.75, 3.05) is 7.05 Å². The number of hydrogen-bond acceptors (Lipinski definition) is 3. The van der Waals surface area contributed by atoms with E-state index < -0.39 is 5.95 Å². The van der Waals surface area contributed by atoms with Crippen molar-refractivity contribution in [1.29, 1.82) is 0 Å². The van der Waals surface area contributed by atoms with Gasteiger partial charge in [-0.05, 0) is 6.92 Å². The maximum atomic E-state index is 12.2. The topological polar surface area (TPSA) is 55.3 Å². The third kappa shape index (κ3) is 1.79. The Kier molecular flexibility index (Phi) is 2.27. The van der Waals surface area contributed by atoms with Gasteiger partial charge in [-0.3, -0.25) is 5.01 Å². The Bertz CT molecular complexity index is 104. The zero-order valence-electron chi connectivity index (χ0n) is 4.98. The number of nitrogens with two attached hydrogens (primary N) is 2. The summed E-state index contributed by atoms with van der Waals surface area (Å²) >= 11 is 0. The minimum Gasteiger partial charge on any atom is -0.399 e. The van der Waals surface area contributed by atoms with Gasteiger partial charge in [0.05, 0.1) is 5.70 Å². The Balaban J connectivity index is 4.00. The number of allylic oxidation sites excluding steroid dienone is 1. The Hall–Kier alpha value is -0.770. The molecule has 0 amide bonds. The highest BCUT2D eigenvalue weighted by Crippen LogP contribution is 1.99. The molecule has 0 unspecified atom stereocenters. The Morgan fingerprint density at radius 2 is 2.00 bits per heavy atom. The average molecular weight is 119 g/mol. The molecule has 0 bridgehead atoms. The molecule has 0 fully saturated rings. The fourth-order valence-corrected chi connectivity index (χ4v) is 0.278. The number of hydrazine groups is 1. The number of halogens is 1. The van der Waals surface area contributed by atoms with E-state index in [4.69, 9.17) is 11.6 Å². The number of nitrogens with zero attached hydrogens (tertiary/aromatic N) is 1. The normalized spacial score (nSPS) is 13.0. The molecule has 0 spiro atoms. The van der Waals surface area contributed by atoms with Gasteiger partial charge < -0.3 is 5.73 Å². The summed E-state index contributed by atoms with van der Waals surface area (Å²) in [6.45, 7) is 1.44. The first kappa shape index (κ1) is 7.23. The molecule has 4 N–H and O–H groups in total. The van der Waals surface area contributed by atoms with E-state index >= 15 is 0 Å². The first-order chi connectivity index (χ1) is 3.55. The Morgan fingerprint density at radius 3 is 2.00 bits per heavy atom. The van der Waals surface area contributed by atoms with Crippen LogP contribution in [0.2, 0.25) is 0 Å². The van der Waals surface area contributed by atoms with Crippen molar-refractivity contribution in [3.63, 3.8) is 0 Å². The van der Waals surface area contributed by atoms with Crippen LogP contribution in [0.15, 0.2) is 11.6 Å². The quantitative estimate of drug-likeness (QED) is 0.288. The first-order valence-electron chi connectivity index (χ1n) is 2.16. The zero-order valence-corrected chi connectivity index (χ0v) is 4.98. The molecule has 0 aliphatic heterocycles. The summed E-state index contributed by atoms with van der Waals surface area (Å²) in [6.07, 6.45) is 0. The molecule has 4 heteroatoms. The van der Waals surface area contributed by atoms with Crippen LogP contribution in [0.4, 0.5) is 4.39 Å². The summed E-state index contributed by atoms with van der Waals surface area (Å²) in [7, 11) is 1.38. The van der Waals surface area contributed by atoms with Gasteiger partial charge in [0.1, 0.15) is 0 Å². The number of hydrogen-bond donors (Lipinski definition) is 2. The predicted molar refractivity (Wildman–Crippen MR) is 29.9 cm³/mol. The first-order valence-corrected chi connectivity index (χ1v) is 2.16. The van der Waals surface area contributed by atoms with Gasteiger partial charge in [-0.2, -0.15) is 4.39 Å². The molecule has 0 aliphatic rings. The number of rotatable bonds is 1. The molecule has 0 aromatic rings. The van der Waals surface area contributed by atoms with Crippen LogP contribution >= 0.6 is 0 Å². The van der Waals surface area contributed by atoms with Crippen molar-refractivity contribution < 1.29 is 4.39 Å². The Morgan fingerprint density at radius 1 is 1.62 bits per heavy atom. The highest BCUT2D eigenvalue weighted by atomic mass is 19.1. The van der Waals surface area contributed by atoms with E-state index in [1.54, 1.807) is 0 Å². The summed E-state index contributed by atoms with van der Waals surface area (Å²) in [6, 6.07) is 0. The van der Waals surface area contributed by atoms with E-state index in [1.165, 1.54) is 14.0 Å². The second-order valence-corrected chi connectivity index (χ2v) is 1.58. The van der Waals surface area contributed by atoms with E-state index in [1.807, 2.05) is 0 Å². The largest absolute Gasteiger partial charge is 0.399 e. The molecule has 48 valence electrons. The zero-order chi connectivity index (χ0) is 6.73. The average Bonchev–Trinajstić information content (AvgIpc) is 1.64. The molecule has 0 aromatic carbocycles. The van der Waals surface area contributed by atoms with Gasteiger partial charge in [0, 0.05) is 7.05 Å². The standard InChI is InChI=1S/C4H10FN3/c1-3(6)4(5)8(2)7/h6-7H2,1-2H3/b4-3-. The lowest BCUT2D eigenvalue weighted by Crippen LogP contribution is -2.25. The van der Waals surface area contributed by atoms with Crippen LogP contribution in [0.1, 0.15) is 6.92 Å². The van der Waals surface area contributed by atoms with Crippen molar-refractivity contribution in [3.05, 3.63) is 11.6 Å². The molecule has 0 saturated carbocycles. The minimum absolute atomic E-state index is 0.0926. The van der Waals surface area contributed by atoms with E-state index in [2.05, 4.69) is 0 Å². The molecule has 0 radical (unpaired) electrons. The van der Waals surface area contributed by atoms with Crippen molar-refractivity contribution in [2.45, 2.75) is 6.92 Å². The van der Waals surface area contributed by atoms with E-state index in [0.29, 0.717) is 0 Å². The van der Waals surface area contributed by atoms with Crippen LogP contribution in [0, 0.1) is 0 Å². The van der Waals surface area contributed by atoms with Gasteiger partial charge in [0.2, 0.25) is 5.95 Å². The van der Waals surface area contributed by atoms with Gasteiger partial charge >= 0.3 is 0 Å². The highest BCUT2D eigenvalue weighted by molar-refractivity contribution is 4.96. The fourth-order valence-electron chi connectivity index (χ4n) is 0.278. The summed E-state index contributed by atoms with van der Waals surface area (Å²) in [4.78, 5) is 0. The van der Waals surface area contributed by atoms with Gasteiger partial charge in [0.15, 0.2) is 0 Å². The lowest BCUT2D eigenvalue weighted by atomic mass is 10.5. The molecule has 0 atom stereocenters. The summed E-state index contributed by atoms with van der Waals surface area (Å²) in [5, 5.41) is 0.829. The molecule has 0 heterocycles. The summed E-state index contributed by atoms with van der Waals surface area (Å²) in [5.41, 5.74) is 5.11. The van der Waals surface area contributed by atoms with Gasteiger partial charge in [-0.25, -0.2) is 5.84 Å². The highest BCUT2D eigenvalue weighted by Gasteiger charge is 1.97. The SMILES string of the molecule is C/C(N)=C(\F)N(C)N. The molecular formula is C4H10FN3. The lowest BCUT2D eigenvalue weighted by Gasteiger charge is -2.08. The second kappa shape index (κ2) is 2.52. The summed E-state index contributed by atoms with van der Waals surface area (Å²) in [5.74, 6) is 4.36. The van der Waals surface area contributed by atoms with Crippen LogP contribution in [0.25, 0.3) is 0 Å².